The number of fused-ring (bicyclic) bond motifs is 1. The van der Waals surface area contributed by atoms with Crippen LogP contribution in [0.3, 0.4) is 0 Å². The van der Waals surface area contributed by atoms with Gasteiger partial charge in [-0.25, -0.2) is 0 Å². The molecule has 0 atom stereocenters. The smallest absolute Gasteiger partial charge is 0.253 e. The van der Waals surface area contributed by atoms with Gasteiger partial charge in [-0.05, 0) is 60.7 Å². The molecule has 0 unspecified atom stereocenters. The second-order valence-electron chi connectivity index (χ2n) is 5.78. The van der Waals surface area contributed by atoms with Crippen molar-refractivity contribution in [3.05, 3.63) is 80.1 Å². The fourth-order valence-corrected chi connectivity index (χ4v) is 2.71. The second-order valence-corrected chi connectivity index (χ2v) is 6.22. The molecule has 1 amide bonds. The van der Waals surface area contributed by atoms with Crippen LogP contribution in [0.25, 0.3) is 10.9 Å². The van der Waals surface area contributed by atoms with E-state index in [0.29, 0.717) is 16.1 Å². The number of aryl methyl sites for hydroxylation is 2. The fraction of sp³-hybridized carbons (Fsp3) is 0.158. The third-order valence-electron chi connectivity index (χ3n) is 4.17. The highest BCUT2D eigenvalue weighted by molar-refractivity contribution is 6.30. The lowest BCUT2D eigenvalue weighted by molar-refractivity contribution is 0.0951. The molecular weight excluding hydrogens is 324 g/mol. The van der Waals surface area contributed by atoms with Crippen molar-refractivity contribution in [3.63, 3.8) is 0 Å². The summed E-state index contributed by atoms with van der Waals surface area (Å²) in [5.74, 6) is -0.244. The van der Waals surface area contributed by atoms with Crippen molar-refractivity contribution in [1.29, 1.82) is 0 Å². The largest absolute Gasteiger partial charge is 0.348 e. The Balaban J connectivity index is 1.84. The number of halogens is 1. The third kappa shape index (κ3) is 3.19. The van der Waals surface area contributed by atoms with Crippen LogP contribution in [0.4, 0.5) is 0 Å². The molecule has 24 heavy (non-hydrogen) atoms. The molecule has 0 bridgehead atoms. The van der Waals surface area contributed by atoms with Crippen molar-refractivity contribution in [2.75, 3.05) is 0 Å². The number of nitrogens with one attached hydrogen (secondary N) is 2. The van der Waals surface area contributed by atoms with E-state index < -0.39 is 0 Å². The number of rotatable bonds is 3. The molecular formula is C19H17ClN2O2. The summed E-state index contributed by atoms with van der Waals surface area (Å²) in [6, 6.07) is 12.4. The molecule has 0 aliphatic rings. The Bertz CT molecular complexity index is 975. The molecule has 4 nitrogen and oxygen atoms in total. The lowest BCUT2D eigenvalue weighted by Gasteiger charge is -2.09. The van der Waals surface area contributed by atoms with Crippen molar-refractivity contribution in [1.82, 2.24) is 10.3 Å². The van der Waals surface area contributed by atoms with Crippen LogP contribution in [-0.2, 0) is 6.54 Å². The van der Waals surface area contributed by atoms with Crippen LogP contribution in [0.15, 0.2) is 47.3 Å². The van der Waals surface area contributed by atoms with E-state index >= 15 is 0 Å². The molecule has 0 aliphatic carbocycles. The average Bonchev–Trinajstić information content (AvgIpc) is 2.57. The maximum absolute atomic E-state index is 12.3. The number of hydrogen-bond acceptors (Lipinski definition) is 2. The fourth-order valence-electron chi connectivity index (χ4n) is 2.58. The van der Waals surface area contributed by atoms with Gasteiger partial charge in [0.2, 0.25) is 0 Å². The summed E-state index contributed by atoms with van der Waals surface area (Å²) in [4.78, 5) is 27.3. The van der Waals surface area contributed by atoms with Crippen molar-refractivity contribution in [2.24, 2.45) is 0 Å². The minimum atomic E-state index is -0.244. The first-order valence-electron chi connectivity index (χ1n) is 7.61. The molecule has 0 spiro atoms. The molecule has 0 saturated carbocycles. The average molecular weight is 341 g/mol. The summed E-state index contributed by atoms with van der Waals surface area (Å²) in [6.45, 7) is 4.16. The SMILES string of the molecule is Cc1ccc2cc(CNC(=O)c3ccc(Cl)cc3)c(=O)[nH]c2c1C. The van der Waals surface area contributed by atoms with E-state index in [-0.39, 0.29) is 18.0 Å². The van der Waals surface area contributed by atoms with Gasteiger partial charge in [-0.3, -0.25) is 9.59 Å². The Morgan fingerprint density at radius 2 is 1.83 bits per heavy atom. The summed E-state index contributed by atoms with van der Waals surface area (Å²) in [6.07, 6.45) is 0. The van der Waals surface area contributed by atoms with E-state index in [9.17, 15) is 9.59 Å². The van der Waals surface area contributed by atoms with Crippen LogP contribution >= 0.6 is 11.6 Å². The van der Waals surface area contributed by atoms with Crippen LogP contribution in [0.5, 0.6) is 0 Å². The molecule has 0 aliphatic heterocycles. The topological polar surface area (TPSA) is 62.0 Å². The highest BCUT2D eigenvalue weighted by Gasteiger charge is 2.09. The van der Waals surface area contributed by atoms with Crippen LogP contribution in [-0.4, -0.2) is 10.9 Å². The molecule has 1 heterocycles. The summed E-state index contributed by atoms with van der Waals surface area (Å²) in [5, 5.41) is 4.29. The van der Waals surface area contributed by atoms with Gasteiger partial charge >= 0.3 is 0 Å². The lowest BCUT2D eigenvalue weighted by Crippen LogP contribution is -2.26. The molecule has 2 aromatic carbocycles. The van der Waals surface area contributed by atoms with E-state index in [1.807, 2.05) is 32.0 Å². The van der Waals surface area contributed by atoms with Crippen LogP contribution in [0.1, 0.15) is 27.0 Å². The van der Waals surface area contributed by atoms with Gasteiger partial charge in [-0.15, -0.1) is 0 Å². The zero-order chi connectivity index (χ0) is 17.3. The standard InChI is InChI=1S/C19H17ClN2O2/c1-11-3-4-14-9-15(19(24)22-17(14)12(11)2)10-21-18(23)13-5-7-16(20)8-6-13/h3-9H,10H2,1-2H3,(H,21,23)(H,22,24). The zero-order valence-electron chi connectivity index (χ0n) is 13.4. The summed E-state index contributed by atoms with van der Waals surface area (Å²) < 4.78 is 0. The molecule has 5 heteroatoms. The Hall–Kier alpha value is -2.59. The van der Waals surface area contributed by atoms with Gasteiger partial charge in [0.05, 0.1) is 5.52 Å². The van der Waals surface area contributed by atoms with Gasteiger partial charge in [0, 0.05) is 22.7 Å². The number of carbonyl (C=O) groups excluding carboxylic acids is 1. The highest BCUT2D eigenvalue weighted by atomic mass is 35.5. The lowest BCUT2D eigenvalue weighted by atomic mass is 10.0. The van der Waals surface area contributed by atoms with Crippen molar-refractivity contribution >= 4 is 28.4 Å². The highest BCUT2D eigenvalue weighted by Crippen LogP contribution is 2.18. The first-order chi connectivity index (χ1) is 11.5. The predicted octanol–water partition coefficient (Wildman–Crippen LogP) is 3.73. The number of aromatic nitrogens is 1. The van der Waals surface area contributed by atoms with E-state index in [2.05, 4.69) is 10.3 Å². The quantitative estimate of drug-likeness (QED) is 0.763. The number of aromatic amines is 1. The number of pyridine rings is 1. The van der Waals surface area contributed by atoms with Gasteiger partial charge in [0.25, 0.3) is 11.5 Å². The Labute approximate surface area is 144 Å². The van der Waals surface area contributed by atoms with Crippen molar-refractivity contribution in [3.8, 4) is 0 Å². The molecule has 0 fully saturated rings. The van der Waals surface area contributed by atoms with Gasteiger partial charge < -0.3 is 10.3 Å². The van der Waals surface area contributed by atoms with E-state index in [0.717, 1.165) is 22.0 Å². The van der Waals surface area contributed by atoms with Crippen LogP contribution in [0, 0.1) is 13.8 Å². The zero-order valence-corrected chi connectivity index (χ0v) is 14.2. The molecule has 122 valence electrons. The van der Waals surface area contributed by atoms with E-state index in [4.69, 9.17) is 11.6 Å². The Morgan fingerprint density at radius 3 is 2.54 bits per heavy atom. The number of hydrogen-bond donors (Lipinski definition) is 2. The normalized spacial score (nSPS) is 10.8. The van der Waals surface area contributed by atoms with Crippen LogP contribution < -0.4 is 10.9 Å². The maximum atomic E-state index is 12.3. The number of amides is 1. The van der Waals surface area contributed by atoms with Crippen molar-refractivity contribution < 1.29 is 4.79 Å². The summed E-state index contributed by atoms with van der Waals surface area (Å²) in [5.41, 5.74) is 3.86. The number of H-pyrrole nitrogens is 1. The summed E-state index contributed by atoms with van der Waals surface area (Å²) in [7, 11) is 0. The van der Waals surface area contributed by atoms with Crippen molar-refractivity contribution in [2.45, 2.75) is 20.4 Å². The molecule has 3 rings (SSSR count). The second kappa shape index (κ2) is 6.49. The first kappa shape index (κ1) is 16.3. The maximum Gasteiger partial charge on any atom is 0.253 e. The molecule has 0 saturated heterocycles. The van der Waals surface area contributed by atoms with Gasteiger partial charge in [-0.1, -0.05) is 23.7 Å². The third-order valence-corrected chi connectivity index (χ3v) is 4.43. The monoisotopic (exact) mass is 340 g/mol. The summed E-state index contributed by atoms with van der Waals surface area (Å²) >= 11 is 5.81. The first-order valence-corrected chi connectivity index (χ1v) is 7.99. The molecule has 1 aromatic heterocycles. The molecule has 3 aromatic rings. The number of benzene rings is 2. The van der Waals surface area contributed by atoms with Gasteiger partial charge in [0.15, 0.2) is 0 Å². The number of carbonyl (C=O) groups is 1. The minimum absolute atomic E-state index is 0.166. The molecule has 2 N–H and O–H groups in total. The predicted molar refractivity (Wildman–Crippen MR) is 96.7 cm³/mol. The minimum Gasteiger partial charge on any atom is -0.348 e. The van der Waals surface area contributed by atoms with Gasteiger partial charge in [-0.2, -0.15) is 0 Å². The van der Waals surface area contributed by atoms with E-state index in [1.54, 1.807) is 24.3 Å². The van der Waals surface area contributed by atoms with E-state index in [1.165, 1.54) is 0 Å². The Kier molecular flexibility index (Phi) is 4.40. The van der Waals surface area contributed by atoms with Crippen LogP contribution in [0.2, 0.25) is 5.02 Å². The molecule has 0 radical (unpaired) electrons. The van der Waals surface area contributed by atoms with Gasteiger partial charge in [0.1, 0.15) is 0 Å². The Morgan fingerprint density at radius 1 is 1.12 bits per heavy atom.